The third-order valence-electron chi connectivity index (χ3n) is 3.21. The molecule has 1 saturated carbocycles. The summed E-state index contributed by atoms with van der Waals surface area (Å²) in [7, 11) is 0. The standard InChI is InChI=1S/C12H12BrNO/c1-8-3-4-9(15)10(11(8)13)12(7-14)5-2-6-12/h3-4,15H,2,5-6H2,1H3. The average Bonchev–Trinajstić information content (AvgIpc) is 2.16. The summed E-state index contributed by atoms with van der Waals surface area (Å²) in [4.78, 5) is 0. The summed E-state index contributed by atoms with van der Waals surface area (Å²) >= 11 is 3.47. The summed E-state index contributed by atoms with van der Waals surface area (Å²) < 4.78 is 0.878. The van der Waals surface area contributed by atoms with Gasteiger partial charge in [-0.2, -0.15) is 5.26 Å². The number of aromatic hydroxyl groups is 1. The van der Waals surface area contributed by atoms with Crippen LogP contribution in [0, 0.1) is 18.3 Å². The van der Waals surface area contributed by atoms with Gasteiger partial charge in [-0.3, -0.25) is 0 Å². The molecule has 0 radical (unpaired) electrons. The highest BCUT2D eigenvalue weighted by Gasteiger charge is 2.42. The lowest BCUT2D eigenvalue weighted by molar-refractivity contribution is 0.310. The van der Waals surface area contributed by atoms with Gasteiger partial charge in [0.1, 0.15) is 5.75 Å². The molecule has 0 saturated heterocycles. The number of benzene rings is 1. The van der Waals surface area contributed by atoms with E-state index < -0.39 is 5.41 Å². The Morgan fingerprint density at radius 1 is 1.47 bits per heavy atom. The first-order valence-electron chi connectivity index (χ1n) is 5.00. The van der Waals surface area contributed by atoms with Crippen LogP contribution < -0.4 is 0 Å². The van der Waals surface area contributed by atoms with Gasteiger partial charge in [0.15, 0.2) is 0 Å². The fraction of sp³-hybridized carbons (Fsp3) is 0.417. The molecule has 0 amide bonds. The van der Waals surface area contributed by atoms with E-state index in [1.165, 1.54) is 0 Å². The molecular weight excluding hydrogens is 254 g/mol. The van der Waals surface area contributed by atoms with Gasteiger partial charge in [-0.15, -0.1) is 0 Å². The van der Waals surface area contributed by atoms with Gasteiger partial charge in [0.2, 0.25) is 0 Å². The molecule has 15 heavy (non-hydrogen) atoms. The lowest BCUT2D eigenvalue weighted by Crippen LogP contribution is -2.33. The van der Waals surface area contributed by atoms with Crippen LogP contribution in [0.5, 0.6) is 5.75 Å². The lowest BCUT2D eigenvalue weighted by Gasteiger charge is -2.37. The van der Waals surface area contributed by atoms with Crippen LogP contribution >= 0.6 is 15.9 Å². The van der Waals surface area contributed by atoms with E-state index in [0.29, 0.717) is 0 Å². The van der Waals surface area contributed by atoms with Gasteiger partial charge in [-0.1, -0.05) is 22.0 Å². The Bertz CT molecular complexity index is 444. The highest BCUT2D eigenvalue weighted by atomic mass is 79.9. The third kappa shape index (κ3) is 1.44. The van der Waals surface area contributed by atoms with Gasteiger partial charge in [0, 0.05) is 10.0 Å². The van der Waals surface area contributed by atoms with Gasteiger partial charge < -0.3 is 5.11 Å². The van der Waals surface area contributed by atoms with Crippen LogP contribution in [-0.2, 0) is 5.41 Å². The van der Waals surface area contributed by atoms with Crippen molar-refractivity contribution in [2.75, 3.05) is 0 Å². The molecule has 0 bridgehead atoms. The van der Waals surface area contributed by atoms with E-state index in [1.54, 1.807) is 6.07 Å². The molecule has 0 atom stereocenters. The lowest BCUT2D eigenvalue weighted by atomic mass is 9.65. The van der Waals surface area contributed by atoms with Crippen molar-refractivity contribution in [3.05, 3.63) is 27.7 Å². The van der Waals surface area contributed by atoms with Gasteiger partial charge in [-0.05, 0) is 37.8 Å². The van der Waals surface area contributed by atoms with Gasteiger partial charge >= 0.3 is 0 Å². The second-order valence-corrected chi connectivity index (χ2v) is 4.93. The molecule has 1 aliphatic carbocycles. The van der Waals surface area contributed by atoms with E-state index in [9.17, 15) is 10.4 Å². The number of phenols is 1. The Morgan fingerprint density at radius 3 is 2.60 bits per heavy atom. The molecule has 1 aromatic carbocycles. The van der Waals surface area contributed by atoms with Crippen molar-refractivity contribution in [3.8, 4) is 11.8 Å². The molecule has 2 nitrogen and oxygen atoms in total. The predicted molar refractivity (Wildman–Crippen MR) is 61.7 cm³/mol. The molecule has 0 aliphatic heterocycles. The zero-order valence-corrected chi connectivity index (χ0v) is 10.1. The number of phenolic OH excluding ortho intramolecular Hbond substituents is 1. The molecule has 1 aliphatic rings. The Kier molecular flexibility index (Phi) is 2.47. The second kappa shape index (κ2) is 3.53. The van der Waals surface area contributed by atoms with Crippen molar-refractivity contribution in [1.29, 1.82) is 5.26 Å². The van der Waals surface area contributed by atoms with Crippen molar-refractivity contribution < 1.29 is 5.11 Å². The van der Waals surface area contributed by atoms with Gasteiger partial charge in [0.25, 0.3) is 0 Å². The number of nitriles is 1. The molecule has 0 unspecified atom stereocenters. The smallest absolute Gasteiger partial charge is 0.121 e. The number of aryl methyl sites for hydroxylation is 1. The van der Waals surface area contributed by atoms with Crippen LogP contribution in [0.15, 0.2) is 16.6 Å². The number of hydrogen-bond acceptors (Lipinski definition) is 2. The van der Waals surface area contributed by atoms with Crippen molar-refractivity contribution >= 4 is 15.9 Å². The molecule has 1 aromatic rings. The minimum absolute atomic E-state index is 0.230. The third-order valence-corrected chi connectivity index (χ3v) is 4.23. The van der Waals surface area contributed by atoms with E-state index in [0.717, 1.165) is 34.9 Å². The van der Waals surface area contributed by atoms with Crippen molar-refractivity contribution in [2.24, 2.45) is 0 Å². The molecule has 0 aromatic heterocycles. The first-order chi connectivity index (χ1) is 7.10. The summed E-state index contributed by atoms with van der Waals surface area (Å²) in [5.74, 6) is 0.230. The SMILES string of the molecule is Cc1ccc(O)c(C2(C#N)CCC2)c1Br. The van der Waals surface area contributed by atoms with Gasteiger partial charge in [-0.25, -0.2) is 0 Å². The average molecular weight is 266 g/mol. The summed E-state index contributed by atoms with van der Waals surface area (Å²) in [5.41, 5.74) is 1.37. The fourth-order valence-electron chi connectivity index (χ4n) is 2.07. The normalized spacial score (nSPS) is 17.9. The number of rotatable bonds is 1. The summed E-state index contributed by atoms with van der Waals surface area (Å²) in [6.45, 7) is 1.97. The van der Waals surface area contributed by atoms with Crippen molar-refractivity contribution in [1.82, 2.24) is 0 Å². The maximum atomic E-state index is 9.87. The largest absolute Gasteiger partial charge is 0.508 e. The molecule has 0 spiro atoms. The Labute approximate surface area is 97.7 Å². The number of nitrogens with zero attached hydrogens (tertiary/aromatic N) is 1. The minimum Gasteiger partial charge on any atom is -0.508 e. The highest BCUT2D eigenvalue weighted by Crippen LogP contribution is 2.49. The molecule has 2 rings (SSSR count). The zero-order chi connectivity index (χ0) is 11.1. The van der Waals surface area contributed by atoms with Crippen LogP contribution in [0.4, 0.5) is 0 Å². The Morgan fingerprint density at radius 2 is 2.13 bits per heavy atom. The summed E-state index contributed by atoms with van der Waals surface area (Å²) in [6, 6.07) is 5.88. The fourth-order valence-corrected chi connectivity index (χ4v) is 2.79. The molecular formula is C12H12BrNO. The van der Waals surface area contributed by atoms with Gasteiger partial charge in [0.05, 0.1) is 11.5 Å². The monoisotopic (exact) mass is 265 g/mol. The van der Waals surface area contributed by atoms with Crippen LogP contribution in [-0.4, -0.2) is 5.11 Å². The quantitative estimate of drug-likeness (QED) is 0.846. The maximum absolute atomic E-state index is 9.87. The van der Waals surface area contributed by atoms with E-state index >= 15 is 0 Å². The van der Waals surface area contributed by atoms with Crippen LogP contribution in [0.2, 0.25) is 0 Å². The maximum Gasteiger partial charge on any atom is 0.121 e. The molecule has 78 valence electrons. The zero-order valence-electron chi connectivity index (χ0n) is 8.55. The Hall–Kier alpha value is -1.01. The van der Waals surface area contributed by atoms with Crippen molar-refractivity contribution in [3.63, 3.8) is 0 Å². The first-order valence-corrected chi connectivity index (χ1v) is 5.80. The van der Waals surface area contributed by atoms with Crippen LogP contribution in [0.1, 0.15) is 30.4 Å². The van der Waals surface area contributed by atoms with E-state index in [2.05, 4.69) is 22.0 Å². The topological polar surface area (TPSA) is 44.0 Å². The highest BCUT2D eigenvalue weighted by molar-refractivity contribution is 9.10. The van der Waals surface area contributed by atoms with E-state index in [4.69, 9.17) is 0 Å². The first kappa shape index (κ1) is 10.5. The summed E-state index contributed by atoms with van der Waals surface area (Å²) in [6.07, 6.45) is 2.76. The van der Waals surface area contributed by atoms with Crippen LogP contribution in [0.3, 0.4) is 0 Å². The number of hydrogen-bond donors (Lipinski definition) is 1. The Balaban J connectivity index is 2.62. The predicted octanol–water partition coefficient (Wildman–Crippen LogP) is 3.41. The molecule has 3 heteroatoms. The minimum atomic E-state index is -0.463. The molecule has 1 fully saturated rings. The van der Waals surface area contributed by atoms with E-state index in [-0.39, 0.29) is 5.75 Å². The number of halogens is 1. The summed E-state index contributed by atoms with van der Waals surface area (Å²) in [5, 5.41) is 19.1. The van der Waals surface area contributed by atoms with E-state index in [1.807, 2.05) is 13.0 Å². The van der Waals surface area contributed by atoms with Crippen LogP contribution in [0.25, 0.3) is 0 Å². The molecule has 1 N–H and O–H groups in total. The van der Waals surface area contributed by atoms with Crippen molar-refractivity contribution in [2.45, 2.75) is 31.6 Å². The second-order valence-electron chi connectivity index (χ2n) is 4.14. The molecule has 0 heterocycles.